The highest BCUT2D eigenvalue weighted by Gasteiger charge is 2.31. The van der Waals surface area contributed by atoms with Gasteiger partial charge >= 0.3 is 7.82 Å². The SMILES string of the molecule is [B]C1C=CC(CC)C(OP(=O)(O)OC)C1. The lowest BCUT2D eigenvalue weighted by Gasteiger charge is -2.30. The van der Waals surface area contributed by atoms with Gasteiger partial charge in [0, 0.05) is 13.0 Å². The minimum Gasteiger partial charge on any atom is -0.302 e. The van der Waals surface area contributed by atoms with Gasteiger partial charge in [0.05, 0.1) is 14.0 Å². The van der Waals surface area contributed by atoms with Crippen molar-refractivity contribution in [2.45, 2.75) is 31.7 Å². The zero-order valence-electron chi connectivity index (χ0n) is 9.00. The van der Waals surface area contributed by atoms with Crippen molar-refractivity contribution in [3.8, 4) is 0 Å². The van der Waals surface area contributed by atoms with Crippen molar-refractivity contribution >= 4 is 15.7 Å². The van der Waals surface area contributed by atoms with Gasteiger partial charge in [0.25, 0.3) is 0 Å². The van der Waals surface area contributed by atoms with Crippen LogP contribution in [0.3, 0.4) is 0 Å². The highest BCUT2D eigenvalue weighted by Crippen LogP contribution is 2.47. The van der Waals surface area contributed by atoms with Crippen molar-refractivity contribution in [3.05, 3.63) is 12.2 Å². The molecule has 0 aromatic rings. The molecule has 15 heavy (non-hydrogen) atoms. The summed E-state index contributed by atoms with van der Waals surface area (Å²) in [4.78, 5) is 9.22. The van der Waals surface area contributed by atoms with Gasteiger partial charge in [-0.2, -0.15) is 0 Å². The molecule has 0 amide bonds. The quantitative estimate of drug-likeness (QED) is 0.456. The van der Waals surface area contributed by atoms with Gasteiger partial charge in [-0.15, -0.1) is 0 Å². The lowest BCUT2D eigenvalue weighted by molar-refractivity contribution is 0.0827. The molecular weight excluding hydrogens is 214 g/mol. The number of hydrogen-bond acceptors (Lipinski definition) is 3. The fourth-order valence-electron chi connectivity index (χ4n) is 1.67. The van der Waals surface area contributed by atoms with Gasteiger partial charge in [0.15, 0.2) is 0 Å². The van der Waals surface area contributed by atoms with E-state index in [9.17, 15) is 9.46 Å². The Morgan fingerprint density at radius 3 is 2.80 bits per heavy atom. The van der Waals surface area contributed by atoms with Crippen LogP contribution in [-0.2, 0) is 13.6 Å². The molecule has 0 saturated heterocycles. The van der Waals surface area contributed by atoms with Gasteiger partial charge in [-0.3, -0.25) is 9.05 Å². The van der Waals surface area contributed by atoms with Gasteiger partial charge in [-0.25, -0.2) is 4.57 Å². The maximum Gasteiger partial charge on any atom is 0.472 e. The number of hydrogen-bond donors (Lipinski definition) is 1. The third kappa shape index (κ3) is 3.76. The highest BCUT2D eigenvalue weighted by atomic mass is 31.2. The summed E-state index contributed by atoms with van der Waals surface area (Å²) in [6, 6.07) is 0. The van der Waals surface area contributed by atoms with Crippen LogP contribution in [0.15, 0.2) is 12.2 Å². The first-order valence-corrected chi connectivity index (χ1v) is 6.49. The molecule has 0 spiro atoms. The average molecular weight is 230 g/mol. The van der Waals surface area contributed by atoms with Gasteiger partial charge in [0.2, 0.25) is 0 Å². The van der Waals surface area contributed by atoms with Crippen LogP contribution in [-0.4, -0.2) is 26.0 Å². The Balaban J connectivity index is 2.67. The van der Waals surface area contributed by atoms with Gasteiger partial charge < -0.3 is 4.89 Å². The molecule has 2 radical (unpaired) electrons. The molecule has 4 nitrogen and oxygen atoms in total. The van der Waals surface area contributed by atoms with E-state index in [0.29, 0.717) is 6.42 Å². The molecule has 6 heteroatoms. The Bertz CT molecular complexity index is 281. The van der Waals surface area contributed by atoms with Crippen LogP contribution in [0.4, 0.5) is 0 Å². The molecule has 1 rings (SSSR count). The van der Waals surface area contributed by atoms with Crippen molar-refractivity contribution in [3.63, 3.8) is 0 Å². The van der Waals surface area contributed by atoms with E-state index in [0.717, 1.165) is 13.5 Å². The summed E-state index contributed by atoms with van der Waals surface area (Å²) < 4.78 is 20.7. The molecule has 1 aliphatic rings. The Labute approximate surface area is 91.7 Å². The van der Waals surface area contributed by atoms with Crippen molar-refractivity contribution in [1.82, 2.24) is 0 Å². The first kappa shape index (κ1) is 13.0. The van der Waals surface area contributed by atoms with E-state index in [1.807, 2.05) is 19.1 Å². The molecule has 4 atom stereocenters. The second-order valence-corrected chi connectivity index (χ2v) is 5.16. The van der Waals surface area contributed by atoms with E-state index < -0.39 is 7.82 Å². The molecule has 0 aromatic heterocycles. The molecule has 0 fully saturated rings. The summed E-state index contributed by atoms with van der Waals surface area (Å²) in [5.41, 5.74) is 0. The number of rotatable bonds is 4. The zero-order valence-corrected chi connectivity index (χ0v) is 9.89. The van der Waals surface area contributed by atoms with E-state index >= 15 is 0 Å². The fourth-order valence-corrected chi connectivity index (χ4v) is 2.34. The predicted octanol–water partition coefficient (Wildman–Crippen LogP) is 2.06. The predicted molar refractivity (Wildman–Crippen MR) is 58.7 cm³/mol. The first-order valence-electron chi connectivity index (χ1n) is 4.99. The second kappa shape index (κ2) is 5.31. The van der Waals surface area contributed by atoms with Crippen molar-refractivity contribution in [1.29, 1.82) is 0 Å². The van der Waals surface area contributed by atoms with Crippen LogP contribution in [0.5, 0.6) is 0 Å². The monoisotopic (exact) mass is 230 g/mol. The maximum atomic E-state index is 11.3. The topological polar surface area (TPSA) is 55.8 Å². The first-order chi connectivity index (χ1) is 6.98. The van der Waals surface area contributed by atoms with Crippen molar-refractivity contribution < 1.29 is 18.5 Å². The third-order valence-corrected chi connectivity index (χ3v) is 3.56. The lowest BCUT2D eigenvalue weighted by Crippen LogP contribution is -2.26. The Morgan fingerprint density at radius 2 is 2.27 bits per heavy atom. The molecule has 1 aliphatic carbocycles. The third-order valence-electron chi connectivity index (χ3n) is 2.56. The Morgan fingerprint density at radius 1 is 1.60 bits per heavy atom. The molecule has 4 unspecified atom stereocenters. The van der Waals surface area contributed by atoms with E-state index in [2.05, 4.69) is 4.52 Å². The molecular formula is C9H16BO4P. The number of phosphoric acid groups is 1. The second-order valence-electron chi connectivity index (χ2n) is 3.65. The highest BCUT2D eigenvalue weighted by molar-refractivity contribution is 7.47. The van der Waals surface area contributed by atoms with E-state index in [1.165, 1.54) is 0 Å². The van der Waals surface area contributed by atoms with Crippen LogP contribution in [0.1, 0.15) is 19.8 Å². The zero-order chi connectivity index (χ0) is 11.5. The Kier molecular flexibility index (Phi) is 4.59. The summed E-state index contributed by atoms with van der Waals surface area (Å²) in [6.45, 7) is 2.00. The van der Waals surface area contributed by atoms with Gasteiger partial charge in [0.1, 0.15) is 0 Å². The van der Waals surface area contributed by atoms with E-state index in [-0.39, 0.29) is 17.8 Å². The number of allylic oxidation sites excluding steroid dienone is 1. The minimum atomic E-state index is -3.91. The number of phosphoric ester groups is 1. The molecule has 84 valence electrons. The summed E-state index contributed by atoms with van der Waals surface area (Å²) in [6.07, 6.45) is 4.89. The largest absolute Gasteiger partial charge is 0.472 e. The fraction of sp³-hybridized carbons (Fsp3) is 0.778. The summed E-state index contributed by atoms with van der Waals surface area (Å²) in [7, 11) is 2.97. The van der Waals surface area contributed by atoms with E-state index in [4.69, 9.17) is 12.4 Å². The maximum absolute atomic E-state index is 11.3. The summed E-state index contributed by atoms with van der Waals surface area (Å²) in [5, 5.41) is 0. The average Bonchev–Trinajstić information content (AvgIpc) is 2.18. The van der Waals surface area contributed by atoms with Crippen molar-refractivity contribution in [2.75, 3.05) is 7.11 Å². The van der Waals surface area contributed by atoms with Crippen LogP contribution < -0.4 is 0 Å². The Hall–Kier alpha value is -0.0851. The van der Waals surface area contributed by atoms with Crippen LogP contribution in [0.25, 0.3) is 0 Å². The van der Waals surface area contributed by atoms with Gasteiger partial charge in [-0.05, 0) is 12.8 Å². The molecule has 1 N–H and O–H groups in total. The normalized spacial score (nSPS) is 35.0. The van der Waals surface area contributed by atoms with Gasteiger partial charge in [-0.1, -0.05) is 24.9 Å². The lowest BCUT2D eigenvalue weighted by atomic mass is 9.75. The molecule has 0 saturated carbocycles. The van der Waals surface area contributed by atoms with Crippen LogP contribution in [0.2, 0.25) is 5.82 Å². The van der Waals surface area contributed by atoms with E-state index in [1.54, 1.807) is 0 Å². The van der Waals surface area contributed by atoms with Crippen LogP contribution >= 0.6 is 7.82 Å². The summed E-state index contributed by atoms with van der Waals surface area (Å²) >= 11 is 0. The van der Waals surface area contributed by atoms with Crippen LogP contribution in [0, 0.1) is 5.92 Å². The minimum absolute atomic E-state index is 0.116. The molecule has 0 bridgehead atoms. The summed E-state index contributed by atoms with van der Waals surface area (Å²) in [5.74, 6) is 0.00933. The van der Waals surface area contributed by atoms with Crippen molar-refractivity contribution in [2.24, 2.45) is 5.92 Å². The smallest absolute Gasteiger partial charge is 0.302 e. The molecule has 0 aromatic carbocycles. The molecule has 0 heterocycles. The standard InChI is InChI=1S/C9H16BO4P/c1-3-7-4-5-8(10)6-9(7)14-15(11,12)13-2/h4-5,7-9H,3,6H2,1-2H3,(H,11,12). The molecule has 0 aliphatic heterocycles.